The van der Waals surface area contributed by atoms with Crippen LogP contribution in [0.15, 0.2) is 24.5 Å². The molecule has 0 bridgehead atoms. The highest BCUT2D eigenvalue weighted by Gasteiger charge is 1.99. The number of anilines is 1. The van der Waals surface area contributed by atoms with Crippen LogP contribution in [-0.2, 0) is 0 Å². The first-order valence-corrected chi connectivity index (χ1v) is 5.83. The number of fused-ring (bicyclic) bond motifs is 1. The Morgan fingerprint density at radius 1 is 1.29 bits per heavy atom. The molecule has 5 heteroatoms. The van der Waals surface area contributed by atoms with E-state index in [1.165, 1.54) is 0 Å². The van der Waals surface area contributed by atoms with Crippen LogP contribution in [0.4, 0.5) is 5.82 Å². The summed E-state index contributed by atoms with van der Waals surface area (Å²) in [7, 11) is 0. The van der Waals surface area contributed by atoms with Gasteiger partial charge in [-0.05, 0) is 31.9 Å². The maximum atomic E-state index is 5.68. The monoisotopic (exact) mass is 231 g/mol. The fraction of sp³-hybridized carbons (Fsp3) is 0.417. The van der Waals surface area contributed by atoms with E-state index in [9.17, 15) is 0 Å². The lowest BCUT2D eigenvalue weighted by Gasteiger charge is -2.07. The van der Waals surface area contributed by atoms with Crippen molar-refractivity contribution in [2.75, 3.05) is 11.9 Å². The molecule has 0 saturated heterocycles. The third-order valence-corrected chi connectivity index (χ3v) is 2.47. The van der Waals surface area contributed by atoms with Gasteiger partial charge in [0.15, 0.2) is 5.65 Å². The lowest BCUT2D eigenvalue weighted by atomic mass is 10.2. The zero-order valence-corrected chi connectivity index (χ0v) is 9.93. The molecule has 17 heavy (non-hydrogen) atoms. The molecule has 2 aromatic heterocycles. The predicted molar refractivity (Wildman–Crippen MR) is 68.7 cm³/mol. The summed E-state index contributed by atoms with van der Waals surface area (Å²) in [6.07, 6.45) is 5.37. The second kappa shape index (κ2) is 5.54. The Kier molecular flexibility index (Phi) is 3.82. The average Bonchev–Trinajstić information content (AvgIpc) is 2.34. The second-order valence-corrected chi connectivity index (χ2v) is 4.14. The normalized spacial score (nSPS) is 12.6. The van der Waals surface area contributed by atoms with Crippen molar-refractivity contribution in [3.8, 4) is 0 Å². The highest BCUT2D eigenvalue weighted by Crippen LogP contribution is 2.10. The molecular weight excluding hydrogens is 214 g/mol. The van der Waals surface area contributed by atoms with Crippen molar-refractivity contribution in [2.45, 2.75) is 25.8 Å². The molecule has 0 fully saturated rings. The molecule has 1 atom stereocenters. The smallest absolute Gasteiger partial charge is 0.180 e. The van der Waals surface area contributed by atoms with E-state index in [-0.39, 0.29) is 6.04 Å². The molecule has 2 heterocycles. The van der Waals surface area contributed by atoms with Crippen molar-refractivity contribution in [2.24, 2.45) is 5.73 Å². The maximum absolute atomic E-state index is 5.68. The molecule has 0 aliphatic rings. The minimum atomic E-state index is 0.257. The van der Waals surface area contributed by atoms with Crippen LogP contribution in [0.5, 0.6) is 0 Å². The van der Waals surface area contributed by atoms with E-state index in [0.717, 1.165) is 30.7 Å². The first-order chi connectivity index (χ1) is 8.25. The van der Waals surface area contributed by atoms with E-state index in [1.54, 1.807) is 12.4 Å². The quantitative estimate of drug-likeness (QED) is 0.764. The van der Waals surface area contributed by atoms with E-state index in [4.69, 9.17) is 5.73 Å². The van der Waals surface area contributed by atoms with Gasteiger partial charge in [0, 0.05) is 25.0 Å². The van der Waals surface area contributed by atoms with Crippen LogP contribution < -0.4 is 11.1 Å². The second-order valence-electron chi connectivity index (χ2n) is 4.14. The van der Waals surface area contributed by atoms with Gasteiger partial charge in [-0.1, -0.05) is 0 Å². The van der Waals surface area contributed by atoms with Gasteiger partial charge in [-0.25, -0.2) is 9.97 Å². The standard InChI is InChI=1S/C12H17N5/c1-9(13)3-2-6-15-11-5-4-10-12(17-11)16-8-7-14-10/h4-5,7-9H,2-3,6,13H2,1H3,(H,15,16,17). The molecule has 0 aliphatic heterocycles. The molecule has 0 aliphatic carbocycles. The van der Waals surface area contributed by atoms with Gasteiger partial charge in [-0.3, -0.25) is 4.98 Å². The molecule has 0 aromatic carbocycles. The first-order valence-electron chi connectivity index (χ1n) is 5.83. The van der Waals surface area contributed by atoms with Crippen molar-refractivity contribution < 1.29 is 0 Å². The third-order valence-electron chi connectivity index (χ3n) is 2.47. The van der Waals surface area contributed by atoms with E-state index >= 15 is 0 Å². The number of hydrogen-bond donors (Lipinski definition) is 2. The summed E-state index contributed by atoms with van der Waals surface area (Å²) in [5.74, 6) is 0.836. The fourth-order valence-electron chi connectivity index (χ4n) is 1.59. The zero-order valence-electron chi connectivity index (χ0n) is 9.93. The third kappa shape index (κ3) is 3.35. The van der Waals surface area contributed by atoms with Crippen molar-refractivity contribution in [3.05, 3.63) is 24.5 Å². The van der Waals surface area contributed by atoms with E-state index in [0.29, 0.717) is 5.65 Å². The van der Waals surface area contributed by atoms with E-state index < -0.39 is 0 Å². The molecule has 3 N–H and O–H groups in total. The molecule has 0 saturated carbocycles. The molecule has 5 nitrogen and oxygen atoms in total. The van der Waals surface area contributed by atoms with Gasteiger partial charge in [0.2, 0.25) is 0 Å². The van der Waals surface area contributed by atoms with Gasteiger partial charge in [-0.15, -0.1) is 0 Å². The summed E-state index contributed by atoms with van der Waals surface area (Å²) in [6, 6.07) is 4.10. The van der Waals surface area contributed by atoms with Crippen LogP contribution in [0.1, 0.15) is 19.8 Å². The lowest BCUT2D eigenvalue weighted by molar-refractivity contribution is 0.639. The van der Waals surface area contributed by atoms with Crippen molar-refractivity contribution >= 4 is 17.0 Å². The number of pyridine rings is 1. The van der Waals surface area contributed by atoms with Crippen LogP contribution in [-0.4, -0.2) is 27.5 Å². The number of nitrogens with zero attached hydrogens (tertiary/aromatic N) is 3. The summed E-state index contributed by atoms with van der Waals surface area (Å²) in [4.78, 5) is 12.7. The molecule has 0 amide bonds. The molecule has 2 aromatic rings. The van der Waals surface area contributed by atoms with Gasteiger partial charge in [0.25, 0.3) is 0 Å². The molecule has 0 radical (unpaired) electrons. The first kappa shape index (κ1) is 11.7. The minimum Gasteiger partial charge on any atom is -0.370 e. The van der Waals surface area contributed by atoms with Gasteiger partial charge >= 0.3 is 0 Å². The van der Waals surface area contributed by atoms with Crippen LogP contribution in [0, 0.1) is 0 Å². The fourth-order valence-corrected chi connectivity index (χ4v) is 1.59. The zero-order chi connectivity index (χ0) is 12.1. The topological polar surface area (TPSA) is 76.7 Å². The SMILES string of the molecule is CC(N)CCCNc1ccc2nccnc2n1. The van der Waals surface area contributed by atoms with Crippen LogP contribution in [0.25, 0.3) is 11.2 Å². The Balaban J connectivity index is 1.95. The summed E-state index contributed by atoms with van der Waals surface area (Å²) < 4.78 is 0. The average molecular weight is 231 g/mol. The van der Waals surface area contributed by atoms with Gasteiger partial charge < -0.3 is 11.1 Å². The van der Waals surface area contributed by atoms with Crippen molar-refractivity contribution in [1.29, 1.82) is 0 Å². The van der Waals surface area contributed by atoms with Crippen LogP contribution in [0.3, 0.4) is 0 Å². The van der Waals surface area contributed by atoms with Crippen LogP contribution in [0.2, 0.25) is 0 Å². The number of nitrogens with two attached hydrogens (primary N) is 1. The predicted octanol–water partition coefficient (Wildman–Crippen LogP) is 1.56. The number of nitrogens with one attached hydrogen (secondary N) is 1. The molecular formula is C12H17N5. The number of aromatic nitrogens is 3. The number of rotatable bonds is 5. The summed E-state index contributed by atoms with van der Waals surface area (Å²) >= 11 is 0. The Labute approximate surface area is 100 Å². The minimum absolute atomic E-state index is 0.257. The Hall–Kier alpha value is -1.75. The van der Waals surface area contributed by atoms with Crippen molar-refractivity contribution in [1.82, 2.24) is 15.0 Å². The van der Waals surface area contributed by atoms with Crippen LogP contribution >= 0.6 is 0 Å². The number of hydrogen-bond acceptors (Lipinski definition) is 5. The highest BCUT2D eigenvalue weighted by atomic mass is 15.0. The Morgan fingerprint density at radius 3 is 2.94 bits per heavy atom. The Bertz CT molecular complexity index is 483. The molecule has 2 rings (SSSR count). The van der Waals surface area contributed by atoms with Gasteiger partial charge in [0.05, 0.1) is 0 Å². The van der Waals surface area contributed by atoms with Crippen molar-refractivity contribution in [3.63, 3.8) is 0 Å². The van der Waals surface area contributed by atoms with Gasteiger partial charge in [0.1, 0.15) is 11.3 Å². The Morgan fingerprint density at radius 2 is 2.12 bits per heavy atom. The van der Waals surface area contributed by atoms with E-state index in [2.05, 4.69) is 20.3 Å². The highest BCUT2D eigenvalue weighted by molar-refractivity contribution is 5.71. The maximum Gasteiger partial charge on any atom is 0.180 e. The summed E-state index contributed by atoms with van der Waals surface area (Å²) in [6.45, 7) is 2.89. The van der Waals surface area contributed by atoms with E-state index in [1.807, 2.05) is 19.1 Å². The molecule has 0 spiro atoms. The lowest BCUT2D eigenvalue weighted by Crippen LogP contribution is -2.16. The largest absolute Gasteiger partial charge is 0.370 e. The molecule has 1 unspecified atom stereocenters. The molecule has 90 valence electrons. The summed E-state index contributed by atoms with van der Waals surface area (Å²) in [5.41, 5.74) is 7.17. The van der Waals surface area contributed by atoms with Gasteiger partial charge in [-0.2, -0.15) is 0 Å². The summed E-state index contributed by atoms with van der Waals surface area (Å²) in [5, 5.41) is 3.26.